The molecule has 2 nitrogen and oxygen atoms in total. The van der Waals surface area contributed by atoms with Crippen LogP contribution in [0.2, 0.25) is 0 Å². The van der Waals surface area contributed by atoms with Crippen LogP contribution in [-0.2, 0) is 6.42 Å². The van der Waals surface area contributed by atoms with Gasteiger partial charge in [-0.15, -0.1) is 0 Å². The summed E-state index contributed by atoms with van der Waals surface area (Å²) in [6.07, 6.45) is 2.60. The van der Waals surface area contributed by atoms with Crippen LogP contribution in [0.15, 0.2) is 24.4 Å². The SMILES string of the molecule is [B]C([B])(Cc1c[nH]c2ccc(C)cc12)N(C)C. The molecule has 1 N–H and O–H groups in total. The van der Waals surface area contributed by atoms with E-state index >= 15 is 0 Å². The Morgan fingerprint density at radius 2 is 2.00 bits per heavy atom. The van der Waals surface area contributed by atoms with Gasteiger partial charge in [-0.25, -0.2) is 0 Å². The third kappa shape index (κ3) is 2.42. The molecule has 1 aromatic heterocycles. The maximum atomic E-state index is 6.07. The van der Waals surface area contributed by atoms with Crippen LogP contribution in [0.4, 0.5) is 0 Å². The van der Waals surface area contributed by atoms with Crippen molar-refractivity contribution in [2.45, 2.75) is 18.7 Å². The predicted octanol–water partition coefficient (Wildman–Crippen LogP) is 1.57. The predicted molar refractivity (Wildman–Crippen MR) is 74.7 cm³/mol. The van der Waals surface area contributed by atoms with Crippen molar-refractivity contribution >= 4 is 26.6 Å². The number of aromatic amines is 1. The van der Waals surface area contributed by atoms with Gasteiger partial charge < -0.3 is 9.88 Å². The zero-order valence-electron chi connectivity index (χ0n) is 10.6. The molecular weight excluding hydrogens is 206 g/mol. The standard InChI is InChI=1S/C13H16B2N2/c1-9-4-5-12-11(6-9)10(8-16-12)7-13(14,15)17(2)3/h4-6,8,16H,7H2,1-3H3. The summed E-state index contributed by atoms with van der Waals surface area (Å²) < 4.78 is 0. The van der Waals surface area contributed by atoms with Crippen LogP contribution in [0.3, 0.4) is 0 Å². The van der Waals surface area contributed by atoms with Gasteiger partial charge in [0.25, 0.3) is 0 Å². The van der Waals surface area contributed by atoms with Crippen molar-refractivity contribution in [2.75, 3.05) is 14.1 Å². The van der Waals surface area contributed by atoms with Gasteiger partial charge in [0.2, 0.25) is 0 Å². The largest absolute Gasteiger partial charge is 0.361 e. The highest BCUT2D eigenvalue weighted by Gasteiger charge is 2.21. The number of nitrogens with zero attached hydrogens (tertiary/aromatic N) is 1. The van der Waals surface area contributed by atoms with Crippen LogP contribution < -0.4 is 0 Å². The highest BCUT2D eigenvalue weighted by atomic mass is 15.1. The van der Waals surface area contributed by atoms with Crippen LogP contribution in [0.5, 0.6) is 0 Å². The molecular formula is C13H16B2N2. The molecule has 4 heteroatoms. The average Bonchev–Trinajstić information content (AvgIpc) is 2.60. The molecule has 1 aromatic carbocycles. The first-order valence-electron chi connectivity index (χ1n) is 5.72. The lowest BCUT2D eigenvalue weighted by Crippen LogP contribution is -2.47. The van der Waals surface area contributed by atoms with E-state index in [1.807, 2.05) is 25.2 Å². The number of H-pyrrole nitrogens is 1. The van der Waals surface area contributed by atoms with Crippen LogP contribution in [-0.4, -0.2) is 45.0 Å². The van der Waals surface area contributed by atoms with Gasteiger partial charge in [0.15, 0.2) is 0 Å². The van der Waals surface area contributed by atoms with E-state index in [-0.39, 0.29) is 0 Å². The van der Waals surface area contributed by atoms with Crippen molar-refractivity contribution in [3.8, 4) is 0 Å². The van der Waals surface area contributed by atoms with Gasteiger partial charge in [0.05, 0.1) is 15.7 Å². The monoisotopic (exact) mass is 222 g/mol. The molecule has 0 saturated carbocycles. The summed E-state index contributed by atoms with van der Waals surface area (Å²) in [5, 5.41) is 0.380. The third-order valence-electron chi connectivity index (χ3n) is 3.23. The van der Waals surface area contributed by atoms with E-state index in [4.69, 9.17) is 15.7 Å². The minimum atomic E-state index is -0.821. The summed E-state index contributed by atoms with van der Waals surface area (Å²) in [5.74, 6) is 0. The molecule has 1 heterocycles. The normalized spacial score (nSPS) is 12.5. The van der Waals surface area contributed by atoms with Gasteiger partial charge in [-0.1, -0.05) is 11.6 Å². The van der Waals surface area contributed by atoms with E-state index in [9.17, 15) is 0 Å². The number of aryl methyl sites for hydroxylation is 1. The van der Waals surface area contributed by atoms with Gasteiger partial charge >= 0.3 is 0 Å². The minimum Gasteiger partial charge on any atom is -0.361 e. The molecule has 0 amide bonds. The third-order valence-corrected chi connectivity index (χ3v) is 3.23. The molecule has 2 aromatic rings. The summed E-state index contributed by atoms with van der Waals surface area (Å²) in [7, 11) is 15.9. The molecule has 0 unspecified atom stereocenters. The first kappa shape index (κ1) is 12.3. The number of hydrogen-bond donors (Lipinski definition) is 1. The highest BCUT2D eigenvalue weighted by molar-refractivity contribution is 6.40. The van der Waals surface area contributed by atoms with Crippen LogP contribution in [0.25, 0.3) is 10.9 Å². The lowest BCUT2D eigenvalue weighted by molar-refractivity contribution is 0.334. The number of fused-ring (bicyclic) bond motifs is 1. The topological polar surface area (TPSA) is 19.0 Å². The maximum absolute atomic E-state index is 6.07. The number of benzene rings is 1. The van der Waals surface area contributed by atoms with Crippen molar-refractivity contribution in [1.29, 1.82) is 0 Å². The molecule has 0 saturated heterocycles. The number of hydrogen-bond acceptors (Lipinski definition) is 1. The first-order valence-corrected chi connectivity index (χ1v) is 5.72. The highest BCUT2D eigenvalue weighted by Crippen LogP contribution is 2.23. The zero-order chi connectivity index (χ0) is 12.6. The van der Waals surface area contributed by atoms with Crippen molar-refractivity contribution in [1.82, 2.24) is 9.88 Å². The van der Waals surface area contributed by atoms with E-state index in [1.165, 1.54) is 10.9 Å². The maximum Gasteiger partial charge on any atom is 0.0828 e. The van der Waals surface area contributed by atoms with Gasteiger partial charge in [-0.2, -0.15) is 0 Å². The first-order chi connectivity index (χ1) is 7.90. The molecule has 2 rings (SSSR count). The molecule has 0 bridgehead atoms. The van der Waals surface area contributed by atoms with Gasteiger partial charge in [-0.05, 0) is 50.5 Å². The molecule has 0 fully saturated rings. The van der Waals surface area contributed by atoms with E-state index < -0.39 is 5.34 Å². The van der Waals surface area contributed by atoms with Crippen LogP contribution in [0, 0.1) is 6.92 Å². The number of aromatic nitrogens is 1. The molecule has 0 aliphatic heterocycles. The zero-order valence-corrected chi connectivity index (χ0v) is 10.6. The van der Waals surface area contributed by atoms with Crippen LogP contribution >= 0.6 is 0 Å². The Labute approximate surface area is 105 Å². The summed E-state index contributed by atoms with van der Waals surface area (Å²) in [5.41, 5.74) is 3.52. The quantitative estimate of drug-likeness (QED) is 0.780. The summed E-state index contributed by atoms with van der Waals surface area (Å²) in [4.78, 5) is 5.08. The van der Waals surface area contributed by atoms with E-state index in [0.717, 1.165) is 11.1 Å². The Hall–Kier alpha value is -1.15. The van der Waals surface area contributed by atoms with Gasteiger partial charge in [0.1, 0.15) is 0 Å². The fourth-order valence-corrected chi connectivity index (χ4v) is 1.90. The smallest absolute Gasteiger partial charge is 0.0828 e. The molecule has 4 radical (unpaired) electrons. The fraction of sp³-hybridized carbons (Fsp3) is 0.385. The van der Waals surface area contributed by atoms with Crippen molar-refractivity contribution in [3.05, 3.63) is 35.5 Å². The number of likely N-dealkylation sites (N-methyl/N-ethyl adjacent to an activating group) is 1. The summed E-state index contributed by atoms with van der Waals surface area (Å²) in [6.45, 7) is 2.08. The molecule has 0 atom stereocenters. The fourth-order valence-electron chi connectivity index (χ4n) is 1.90. The van der Waals surface area contributed by atoms with Crippen LogP contribution in [0.1, 0.15) is 11.1 Å². The average molecular weight is 222 g/mol. The second-order valence-corrected chi connectivity index (χ2v) is 4.93. The van der Waals surface area contributed by atoms with Crippen molar-refractivity contribution in [3.63, 3.8) is 0 Å². The minimum absolute atomic E-state index is 0.615. The molecule has 17 heavy (non-hydrogen) atoms. The lowest BCUT2D eigenvalue weighted by Gasteiger charge is -2.33. The Morgan fingerprint density at radius 1 is 1.29 bits per heavy atom. The molecule has 0 aliphatic carbocycles. The number of rotatable bonds is 3. The molecule has 0 spiro atoms. The van der Waals surface area contributed by atoms with E-state index in [2.05, 4.69) is 30.1 Å². The van der Waals surface area contributed by atoms with Gasteiger partial charge in [-0.3, -0.25) is 0 Å². The second-order valence-electron chi connectivity index (χ2n) is 4.93. The lowest BCUT2D eigenvalue weighted by atomic mass is 9.58. The number of nitrogens with one attached hydrogen (secondary N) is 1. The molecule has 84 valence electrons. The van der Waals surface area contributed by atoms with Gasteiger partial charge in [0, 0.05) is 17.1 Å². The van der Waals surface area contributed by atoms with E-state index in [0.29, 0.717) is 6.42 Å². The Morgan fingerprint density at radius 3 is 2.65 bits per heavy atom. The Balaban J connectivity index is 2.40. The van der Waals surface area contributed by atoms with E-state index in [1.54, 1.807) is 0 Å². The summed E-state index contributed by atoms with van der Waals surface area (Å²) in [6, 6.07) is 6.33. The van der Waals surface area contributed by atoms with Crippen molar-refractivity contribution < 1.29 is 0 Å². The van der Waals surface area contributed by atoms with Crippen molar-refractivity contribution in [2.24, 2.45) is 0 Å². The molecule has 0 aliphatic rings. The Kier molecular flexibility index (Phi) is 3.09. The Bertz CT molecular complexity index is 529. The summed E-state index contributed by atoms with van der Waals surface area (Å²) >= 11 is 0. The second kappa shape index (κ2) is 4.26.